The zero-order valence-electron chi connectivity index (χ0n) is 15.4. The molecule has 0 unspecified atom stereocenters. The fourth-order valence-corrected chi connectivity index (χ4v) is 5.08. The SMILES string of the molecule is Cn1cccc1C(=CC1C[C@@H]2CC[C@@H](C1)[N+]2(C)C)c1cccn1C. The number of quaternary nitrogens is 1. The van der Waals surface area contributed by atoms with Crippen LogP contribution in [-0.4, -0.2) is 39.8 Å². The number of allylic oxidation sites excluding steroid dienone is 1. The van der Waals surface area contributed by atoms with Gasteiger partial charge in [-0.15, -0.1) is 0 Å². The Morgan fingerprint density at radius 1 is 0.958 bits per heavy atom. The van der Waals surface area contributed by atoms with E-state index in [9.17, 15) is 0 Å². The molecule has 0 amide bonds. The standard InChI is InChI=1S/C21H30N3/c1-22-11-5-7-20(22)19(21-8-6-12-23(21)2)15-16-13-17-9-10-18(14-16)24(17,3)4/h5-8,11-12,15-18H,9-10,13-14H2,1-4H3/q+1/t17-,18-/m0/s1. The van der Waals surface area contributed by atoms with Crippen molar-refractivity contribution >= 4 is 5.57 Å². The summed E-state index contributed by atoms with van der Waals surface area (Å²) in [5, 5.41) is 0. The molecule has 4 heterocycles. The van der Waals surface area contributed by atoms with Gasteiger partial charge in [0.05, 0.1) is 26.2 Å². The Labute approximate surface area is 145 Å². The second kappa shape index (κ2) is 5.66. The highest BCUT2D eigenvalue weighted by Crippen LogP contribution is 2.43. The third-order valence-electron chi connectivity index (χ3n) is 6.71. The van der Waals surface area contributed by atoms with Crippen LogP contribution in [0.3, 0.4) is 0 Å². The summed E-state index contributed by atoms with van der Waals surface area (Å²) in [7, 11) is 9.18. The summed E-state index contributed by atoms with van der Waals surface area (Å²) in [4.78, 5) is 0. The highest BCUT2D eigenvalue weighted by molar-refractivity contribution is 5.77. The molecule has 3 nitrogen and oxygen atoms in total. The van der Waals surface area contributed by atoms with Crippen molar-refractivity contribution in [2.45, 2.75) is 37.8 Å². The molecule has 2 saturated heterocycles. The van der Waals surface area contributed by atoms with Crippen LogP contribution in [0.2, 0.25) is 0 Å². The highest BCUT2D eigenvalue weighted by Gasteiger charge is 2.48. The molecule has 0 spiro atoms. The third-order valence-corrected chi connectivity index (χ3v) is 6.71. The van der Waals surface area contributed by atoms with E-state index in [0.717, 1.165) is 12.1 Å². The van der Waals surface area contributed by atoms with E-state index < -0.39 is 0 Å². The number of aromatic nitrogens is 2. The van der Waals surface area contributed by atoms with Crippen molar-refractivity contribution in [3.63, 3.8) is 0 Å². The number of aryl methyl sites for hydroxylation is 2. The molecule has 0 radical (unpaired) electrons. The van der Waals surface area contributed by atoms with E-state index in [4.69, 9.17) is 0 Å². The molecule has 2 aromatic heterocycles. The molecule has 2 aromatic rings. The molecule has 128 valence electrons. The minimum atomic E-state index is 0.702. The third kappa shape index (κ3) is 2.46. The number of fused-ring (bicyclic) bond motifs is 2. The van der Waals surface area contributed by atoms with Crippen molar-refractivity contribution in [2.75, 3.05) is 14.1 Å². The molecule has 0 aromatic carbocycles. The number of piperidine rings is 1. The largest absolute Gasteiger partial charge is 0.351 e. The molecule has 4 rings (SSSR count). The van der Waals surface area contributed by atoms with Crippen molar-refractivity contribution in [1.82, 2.24) is 9.13 Å². The molecule has 0 N–H and O–H groups in total. The number of hydrogen-bond acceptors (Lipinski definition) is 0. The minimum Gasteiger partial charge on any atom is -0.351 e. The van der Waals surface area contributed by atoms with Crippen molar-refractivity contribution in [2.24, 2.45) is 20.0 Å². The van der Waals surface area contributed by atoms with Crippen LogP contribution in [-0.2, 0) is 14.1 Å². The maximum atomic E-state index is 2.58. The van der Waals surface area contributed by atoms with Crippen molar-refractivity contribution in [3.8, 4) is 0 Å². The fraction of sp³-hybridized carbons (Fsp3) is 0.524. The summed E-state index contributed by atoms with van der Waals surface area (Å²) in [5.41, 5.74) is 4.04. The summed E-state index contributed by atoms with van der Waals surface area (Å²) >= 11 is 0. The molecular formula is C21H30N3+. The molecular weight excluding hydrogens is 294 g/mol. The van der Waals surface area contributed by atoms with Crippen LogP contribution in [0.15, 0.2) is 42.7 Å². The Hall–Kier alpha value is -1.74. The predicted octanol–water partition coefficient (Wildman–Crippen LogP) is 3.81. The predicted molar refractivity (Wildman–Crippen MR) is 99.5 cm³/mol. The first kappa shape index (κ1) is 15.8. The molecule has 3 heteroatoms. The minimum absolute atomic E-state index is 0.702. The first-order chi connectivity index (χ1) is 11.5. The first-order valence-electron chi connectivity index (χ1n) is 9.25. The van der Waals surface area contributed by atoms with Crippen LogP contribution in [0, 0.1) is 5.92 Å². The van der Waals surface area contributed by atoms with E-state index in [2.05, 4.69) is 80.1 Å². The van der Waals surface area contributed by atoms with Crippen LogP contribution in [0.1, 0.15) is 37.1 Å². The van der Waals surface area contributed by atoms with E-state index in [1.54, 1.807) is 0 Å². The van der Waals surface area contributed by atoms with E-state index >= 15 is 0 Å². The molecule has 2 bridgehead atoms. The fourth-order valence-electron chi connectivity index (χ4n) is 5.08. The first-order valence-corrected chi connectivity index (χ1v) is 9.25. The quantitative estimate of drug-likeness (QED) is 0.760. The second-order valence-corrected chi connectivity index (χ2v) is 8.33. The zero-order valence-corrected chi connectivity index (χ0v) is 15.4. The Morgan fingerprint density at radius 3 is 1.88 bits per heavy atom. The number of rotatable bonds is 3. The van der Waals surface area contributed by atoms with Crippen molar-refractivity contribution in [1.29, 1.82) is 0 Å². The van der Waals surface area contributed by atoms with Crippen molar-refractivity contribution in [3.05, 3.63) is 54.1 Å². The average molecular weight is 324 g/mol. The summed E-state index contributed by atoms with van der Waals surface area (Å²) in [6.45, 7) is 0. The van der Waals surface area contributed by atoms with Crippen LogP contribution < -0.4 is 0 Å². The molecule has 0 aliphatic carbocycles. The normalized spacial score (nSPS) is 28.1. The van der Waals surface area contributed by atoms with Gasteiger partial charge in [0.1, 0.15) is 0 Å². The van der Waals surface area contributed by atoms with E-state index in [1.165, 1.54) is 47.1 Å². The van der Waals surface area contributed by atoms with Gasteiger partial charge >= 0.3 is 0 Å². The van der Waals surface area contributed by atoms with Gasteiger partial charge in [0.15, 0.2) is 0 Å². The Kier molecular flexibility index (Phi) is 3.72. The second-order valence-electron chi connectivity index (χ2n) is 8.33. The maximum Gasteiger partial charge on any atom is 0.0896 e. The summed E-state index contributed by atoms with van der Waals surface area (Å²) < 4.78 is 5.74. The van der Waals surface area contributed by atoms with Gasteiger partial charge in [-0.05, 0) is 30.2 Å². The Balaban J connectivity index is 1.71. The van der Waals surface area contributed by atoms with Gasteiger partial charge in [-0.2, -0.15) is 0 Å². The van der Waals surface area contributed by atoms with Gasteiger partial charge in [-0.1, -0.05) is 6.08 Å². The van der Waals surface area contributed by atoms with Gasteiger partial charge in [0, 0.05) is 69.1 Å². The molecule has 2 aliphatic heterocycles. The van der Waals surface area contributed by atoms with E-state index in [-0.39, 0.29) is 0 Å². The monoisotopic (exact) mass is 324 g/mol. The summed E-state index contributed by atoms with van der Waals surface area (Å²) in [6.07, 6.45) is 12.4. The van der Waals surface area contributed by atoms with Gasteiger partial charge in [0.25, 0.3) is 0 Å². The lowest BCUT2D eigenvalue weighted by molar-refractivity contribution is -0.931. The highest BCUT2D eigenvalue weighted by atomic mass is 15.4. The molecule has 2 fully saturated rings. The Morgan fingerprint density at radius 2 is 1.46 bits per heavy atom. The maximum absolute atomic E-state index is 2.58. The molecule has 0 saturated carbocycles. The topological polar surface area (TPSA) is 9.86 Å². The smallest absolute Gasteiger partial charge is 0.0896 e. The van der Waals surface area contributed by atoms with Crippen molar-refractivity contribution < 1.29 is 4.48 Å². The van der Waals surface area contributed by atoms with Gasteiger partial charge < -0.3 is 13.6 Å². The van der Waals surface area contributed by atoms with Gasteiger partial charge in [0.2, 0.25) is 0 Å². The zero-order chi connectivity index (χ0) is 16.9. The lowest BCUT2D eigenvalue weighted by Gasteiger charge is -2.44. The summed E-state index contributed by atoms with van der Waals surface area (Å²) in [6, 6.07) is 10.5. The average Bonchev–Trinajstić information content (AvgIpc) is 3.15. The van der Waals surface area contributed by atoms with Crippen LogP contribution in [0.5, 0.6) is 0 Å². The van der Waals surface area contributed by atoms with Gasteiger partial charge in [-0.3, -0.25) is 0 Å². The van der Waals surface area contributed by atoms with Crippen LogP contribution >= 0.6 is 0 Å². The van der Waals surface area contributed by atoms with Crippen LogP contribution in [0.4, 0.5) is 0 Å². The van der Waals surface area contributed by atoms with E-state index in [1.807, 2.05) is 0 Å². The lowest BCUT2D eigenvalue weighted by Crippen LogP contribution is -2.54. The lowest BCUT2D eigenvalue weighted by atomic mass is 9.87. The molecule has 2 atom stereocenters. The molecule has 24 heavy (non-hydrogen) atoms. The number of nitrogens with zero attached hydrogens (tertiary/aromatic N) is 3. The van der Waals surface area contributed by atoms with E-state index in [0.29, 0.717) is 5.92 Å². The molecule has 2 aliphatic rings. The summed E-state index contributed by atoms with van der Waals surface area (Å²) in [5.74, 6) is 0.702. The Bertz CT molecular complexity index is 703. The van der Waals surface area contributed by atoms with Gasteiger partial charge in [-0.25, -0.2) is 0 Å². The van der Waals surface area contributed by atoms with Crippen LogP contribution in [0.25, 0.3) is 5.57 Å². The number of hydrogen-bond donors (Lipinski definition) is 0.